The highest BCUT2D eigenvalue weighted by atomic mass is 32.1. The summed E-state index contributed by atoms with van der Waals surface area (Å²) >= 11 is 1.69. The monoisotopic (exact) mass is 274 g/mol. The molecule has 3 N–H and O–H groups in total. The van der Waals surface area contributed by atoms with Crippen LogP contribution in [0.4, 0.5) is 0 Å². The van der Waals surface area contributed by atoms with Crippen LogP contribution in [-0.4, -0.2) is 10.1 Å². The third-order valence-corrected chi connectivity index (χ3v) is 4.88. The second kappa shape index (κ2) is 4.32. The molecule has 0 amide bonds. The molecule has 0 bridgehead atoms. The van der Waals surface area contributed by atoms with E-state index in [1.54, 1.807) is 23.5 Å². The second-order valence-corrected chi connectivity index (χ2v) is 7.06. The summed E-state index contributed by atoms with van der Waals surface area (Å²) in [6.45, 7) is 4.49. The van der Waals surface area contributed by atoms with Gasteiger partial charge in [-0.3, -0.25) is 0 Å². The molecule has 0 saturated heterocycles. The molecule has 1 aliphatic carbocycles. The van der Waals surface area contributed by atoms with Gasteiger partial charge in [0, 0.05) is 16.5 Å². The van der Waals surface area contributed by atoms with Crippen LogP contribution in [0.15, 0.2) is 24.3 Å². The third-order valence-electron chi connectivity index (χ3n) is 3.60. The first-order valence-corrected chi connectivity index (χ1v) is 7.31. The van der Waals surface area contributed by atoms with Crippen LogP contribution >= 0.6 is 11.3 Å². The predicted molar refractivity (Wildman–Crippen MR) is 78.2 cm³/mol. The number of benzene rings is 1. The molecule has 1 aromatic carbocycles. The molecule has 1 unspecified atom stereocenters. The highest BCUT2D eigenvalue weighted by Gasteiger charge is 2.33. The van der Waals surface area contributed by atoms with E-state index in [0.717, 1.165) is 29.1 Å². The lowest BCUT2D eigenvalue weighted by molar-refractivity contribution is 0.282. The van der Waals surface area contributed by atoms with Crippen LogP contribution in [0.2, 0.25) is 0 Å². The van der Waals surface area contributed by atoms with Crippen LogP contribution in [0, 0.1) is 5.41 Å². The lowest BCUT2D eigenvalue weighted by Gasteiger charge is -2.32. The van der Waals surface area contributed by atoms with Crippen LogP contribution in [0.25, 0.3) is 10.6 Å². The van der Waals surface area contributed by atoms with Crippen LogP contribution in [0.3, 0.4) is 0 Å². The highest BCUT2D eigenvalue weighted by Crippen LogP contribution is 2.43. The number of phenolic OH excluding ortho intramolecular Hbond substituents is 1. The van der Waals surface area contributed by atoms with E-state index >= 15 is 0 Å². The molecule has 1 atom stereocenters. The minimum atomic E-state index is 0.0992. The van der Waals surface area contributed by atoms with E-state index in [9.17, 15) is 5.11 Å². The van der Waals surface area contributed by atoms with Crippen LogP contribution in [0.5, 0.6) is 5.75 Å². The molecule has 0 aliphatic heterocycles. The lowest BCUT2D eigenvalue weighted by Crippen LogP contribution is -2.28. The topological polar surface area (TPSA) is 59.1 Å². The number of aromatic nitrogens is 1. The third kappa shape index (κ3) is 2.38. The Hall–Kier alpha value is -1.39. The van der Waals surface area contributed by atoms with Gasteiger partial charge in [0.05, 0.1) is 5.69 Å². The van der Waals surface area contributed by atoms with Crippen molar-refractivity contribution < 1.29 is 5.11 Å². The van der Waals surface area contributed by atoms with Gasteiger partial charge >= 0.3 is 0 Å². The summed E-state index contributed by atoms with van der Waals surface area (Å²) in [4.78, 5) is 5.98. The Morgan fingerprint density at radius 1 is 1.32 bits per heavy atom. The molecular formula is C15H18N2OS. The Bertz CT molecular complexity index is 601. The zero-order valence-electron chi connectivity index (χ0n) is 11.2. The van der Waals surface area contributed by atoms with Crippen molar-refractivity contribution in [3.63, 3.8) is 0 Å². The molecular weight excluding hydrogens is 256 g/mol. The van der Waals surface area contributed by atoms with E-state index in [1.807, 2.05) is 12.1 Å². The van der Waals surface area contributed by atoms with Gasteiger partial charge in [-0.05, 0) is 42.5 Å². The standard InChI is InChI=1S/C15H18N2OS/c1-15(2)7-11(16)13-12(8-15)17-14(19-13)9-3-5-10(18)6-4-9/h3-6,11,18H,7-8,16H2,1-2H3. The Morgan fingerprint density at radius 3 is 2.68 bits per heavy atom. The summed E-state index contributed by atoms with van der Waals surface area (Å²) in [5.74, 6) is 0.280. The Balaban J connectivity index is 2.01. The number of phenols is 1. The summed E-state index contributed by atoms with van der Waals surface area (Å²) in [5.41, 5.74) is 8.69. The molecule has 3 rings (SSSR count). The van der Waals surface area contributed by atoms with Crippen molar-refractivity contribution in [2.45, 2.75) is 32.7 Å². The van der Waals surface area contributed by atoms with Gasteiger partial charge in [-0.2, -0.15) is 0 Å². The smallest absolute Gasteiger partial charge is 0.123 e. The molecule has 0 saturated carbocycles. The Morgan fingerprint density at radius 2 is 2.00 bits per heavy atom. The van der Waals surface area contributed by atoms with Gasteiger partial charge in [-0.15, -0.1) is 11.3 Å². The largest absolute Gasteiger partial charge is 0.508 e. The van der Waals surface area contributed by atoms with Crippen LogP contribution < -0.4 is 5.73 Å². The minimum absolute atomic E-state index is 0.0992. The SMILES string of the molecule is CC1(C)Cc2nc(-c3ccc(O)cc3)sc2C(N)C1. The normalized spacial score (nSPS) is 21.1. The van der Waals surface area contributed by atoms with E-state index in [2.05, 4.69) is 13.8 Å². The first-order valence-electron chi connectivity index (χ1n) is 6.49. The molecule has 1 aromatic heterocycles. The van der Waals surface area contributed by atoms with E-state index in [0.29, 0.717) is 0 Å². The van der Waals surface area contributed by atoms with Crippen molar-refractivity contribution in [2.24, 2.45) is 11.1 Å². The van der Waals surface area contributed by atoms with Gasteiger partial charge in [0.15, 0.2) is 0 Å². The predicted octanol–water partition coefficient (Wildman–Crippen LogP) is 3.49. The van der Waals surface area contributed by atoms with Gasteiger partial charge in [0.25, 0.3) is 0 Å². The average Bonchev–Trinajstić information content (AvgIpc) is 2.72. The quantitative estimate of drug-likeness (QED) is 0.837. The van der Waals surface area contributed by atoms with Crippen LogP contribution in [0.1, 0.15) is 36.9 Å². The number of thiazole rings is 1. The zero-order valence-corrected chi connectivity index (χ0v) is 12.0. The Kier molecular flexibility index (Phi) is 2.87. The Labute approximate surface area is 117 Å². The zero-order chi connectivity index (χ0) is 13.6. The maximum atomic E-state index is 9.34. The molecule has 3 nitrogen and oxygen atoms in total. The fraction of sp³-hybridized carbons (Fsp3) is 0.400. The maximum Gasteiger partial charge on any atom is 0.123 e. The van der Waals surface area contributed by atoms with E-state index in [4.69, 9.17) is 10.7 Å². The molecule has 0 radical (unpaired) electrons. The van der Waals surface area contributed by atoms with Crippen molar-refractivity contribution in [1.29, 1.82) is 0 Å². The van der Waals surface area contributed by atoms with Crippen molar-refractivity contribution in [1.82, 2.24) is 4.98 Å². The summed E-state index contributed by atoms with van der Waals surface area (Å²) in [7, 11) is 0. The van der Waals surface area contributed by atoms with Gasteiger partial charge in [-0.1, -0.05) is 13.8 Å². The molecule has 19 heavy (non-hydrogen) atoms. The number of fused-ring (bicyclic) bond motifs is 1. The number of nitrogens with zero attached hydrogens (tertiary/aromatic N) is 1. The summed E-state index contributed by atoms with van der Waals surface area (Å²) in [6.07, 6.45) is 2.00. The molecule has 1 heterocycles. The van der Waals surface area contributed by atoms with Crippen molar-refractivity contribution >= 4 is 11.3 Å². The summed E-state index contributed by atoms with van der Waals surface area (Å²) < 4.78 is 0. The average molecular weight is 274 g/mol. The van der Waals surface area contributed by atoms with Crippen molar-refractivity contribution in [3.05, 3.63) is 34.8 Å². The molecule has 0 spiro atoms. The highest BCUT2D eigenvalue weighted by molar-refractivity contribution is 7.15. The first-order chi connectivity index (χ1) is 8.94. The molecule has 0 fully saturated rings. The van der Waals surface area contributed by atoms with Gasteiger partial charge in [-0.25, -0.2) is 4.98 Å². The van der Waals surface area contributed by atoms with E-state index < -0.39 is 0 Å². The second-order valence-electron chi connectivity index (χ2n) is 6.03. The summed E-state index contributed by atoms with van der Waals surface area (Å²) in [6, 6.07) is 7.29. The minimum Gasteiger partial charge on any atom is -0.508 e. The van der Waals surface area contributed by atoms with Gasteiger partial charge in [0.2, 0.25) is 0 Å². The van der Waals surface area contributed by atoms with Crippen molar-refractivity contribution in [2.75, 3.05) is 0 Å². The number of hydrogen-bond acceptors (Lipinski definition) is 4. The first kappa shape index (κ1) is 12.6. The lowest BCUT2D eigenvalue weighted by atomic mass is 9.77. The van der Waals surface area contributed by atoms with Gasteiger partial charge < -0.3 is 10.8 Å². The van der Waals surface area contributed by atoms with E-state index in [1.165, 1.54) is 4.88 Å². The molecule has 100 valence electrons. The number of rotatable bonds is 1. The molecule has 1 aliphatic rings. The van der Waals surface area contributed by atoms with Crippen LogP contribution in [-0.2, 0) is 6.42 Å². The number of hydrogen-bond donors (Lipinski definition) is 2. The number of aromatic hydroxyl groups is 1. The van der Waals surface area contributed by atoms with E-state index in [-0.39, 0.29) is 17.2 Å². The maximum absolute atomic E-state index is 9.34. The van der Waals surface area contributed by atoms with Gasteiger partial charge in [0.1, 0.15) is 10.8 Å². The fourth-order valence-corrected chi connectivity index (χ4v) is 3.81. The fourth-order valence-electron chi connectivity index (χ4n) is 2.72. The summed E-state index contributed by atoms with van der Waals surface area (Å²) in [5, 5.41) is 10.3. The molecule has 2 aromatic rings. The molecule has 4 heteroatoms. The number of nitrogens with two attached hydrogens (primary N) is 1. The van der Waals surface area contributed by atoms with Crippen molar-refractivity contribution in [3.8, 4) is 16.3 Å².